The Balaban J connectivity index is 3.29. The smallest absolute Gasteiger partial charge is 0.333 e. The van der Waals surface area contributed by atoms with E-state index in [2.05, 4.69) is 5.32 Å². The van der Waals surface area contributed by atoms with Gasteiger partial charge >= 0.3 is 5.97 Å². The number of aromatic hydroxyl groups is 1. The first-order valence-electron chi connectivity index (χ1n) is 4.78. The van der Waals surface area contributed by atoms with Crippen LogP contribution in [0.25, 0.3) is 0 Å². The third kappa shape index (κ3) is 2.30. The molecule has 92 valence electrons. The number of hydrogen-bond acceptors (Lipinski definition) is 4. The molecule has 1 amide bonds. The number of nitrogens with one attached hydrogen (secondary N) is 1. The van der Waals surface area contributed by atoms with Crippen molar-refractivity contribution in [3.63, 3.8) is 0 Å². The molecule has 0 aliphatic carbocycles. The number of hydrogen-bond donors (Lipinski definition) is 3. The number of methoxy groups -OCH3 is 1. The lowest BCUT2D eigenvalue weighted by atomic mass is 9.92. The van der Waals surface area contributed by atoms with Crippen LogP contribution in [0.4, 0.5) is 0 Å². The number of carbonyl (C=O) groups is 2. The fraction of sp³-hybridized carbons (Fsp3) is 0.273. The molecule has 1 atom stereocenters. The molecule has 0 aliphatic rings. The lowest BCUT2D eigenvalue weighted by Crippen LogP contribution is -2.45. The van der Waals surface area contributed by atoms with Gasteiger partial charge in [-0.2, -0.15) is 0 Å². The molecule has 3 N–H and O–H groups in total. The molecule has 0 aliphatic heterocycles. The van der Waals surface area contributed by atoms with E-state index in [1.165, 1.54) is 32.2 Å². The average Bonchev–Trinajstić information content (AvgIpc) is 2.29. The van der Waals surface area contributed by atoms with E-state index in [1.807, 2.05) is 0 Å². The molecular formula is C11H13NO5. The Labute approximate surface area is 97.8 Å². The highest BCUT2D eigenvalue weighted by molar-refractivity contribution is 5.83. The Morgan fingerprint density at radius 2 is 2.18 bits per heavy atom. The zero-order valence-corrected chi connectivity index (χ0v) is 9.43. The lowest BCUT2D eigenvalue weighted by molar-refractivity contribution is -0.145. The summed E-state index contributed by atoms with van der Waals surface area (Å²) in [5, 5.41) is 20.8. The van der Waals surface area contributed by atoms with Gasteiger partial charge in [-0.05, 0) is 24.6 Å². The van der Waals surface area contributed by atoms with Crippen LogP contribution in [0.2, 0.25) is 0 Å². The van der Waals surface area contributed by atoms with E-state index >= 15 is 0 Å². The first kappa shape index (κ1) is 12.8. The van der Waals surface area contributed by atoms with Crippen molar-refractivity contribution >= 4 is 12.4 Å². The molecule has 1 rings (SSSR count). The number of ether oxygens (including phenoxy) is 1. The highest BCUT2D eigenvalue weighted by atomic mass is 16.5. The first-order chi connectivity index (χ1) is 7.95. The number of phenols is 1. The van der Waals surface area contributed by atoms with Gasteiger partial charge in [0.2, 0.25) is 6.41 Å². The van der Waals surface area contributed by atoms with Crippen LogP contribution in [0.15, 0.2) is 18.2 Å². The van der Waals surface area contributed by atoms with Crippen LogP contribution in [-0.2, 0) is 15.1 Å². The van der Waals surface area contributed by atoms with Gasteiger partial charge in [0.25, 0.3) is 0 Å². The Kier molecular flexibility index (Phi) is 3.57. The molecule has 0 saturated heterocycles. The number of carbonyl (C=O) groups excluding carboxylic acids is 1. The average molecular weight is 239 g/mol. The second-order valence-corrected chi connectivity index (χ2v) is 3.58. The number of phenolic OH excluding ortho intramolecular Hbond substituents is 1. The molecule has 0 saturated carbocycles. The van der Waals surface area contributed by atoms with Crippen LogP contribution in [0.1, 0.15) is 12.5 Å². The minimum absolute atomic E-state index is 0.102. The molecule has 0 fully saturated rings. The molecule has 6 heteroatoms. The quantitative estimate of drug-likeness (QED) is 0.648. The van der Waals surface area contributed by atoms with Crippen molar-refractivity contribution in [2.24, 2.45) is 0 Å². The summed E-state index contributed by atoms with van der Waals surface area (Å²) in [6.07, 6.45) is 0.313. The second kappa shape index (κ2) is 4.73. The molecule has 17 heavy (non-hydrogen) atoms. The maximum atomic E-state index is 11.2. The maximum Gasteiger partial charge on any atom is 0.333 e. The molecule has 1 aromatic rings. The van der Waals surface area contributed by atoms with E-state index in [9.17, 15) is 14.7 Å². The van der Waals surface area contributed by atoms with Crippen LogP contribution >= 0.6 is 0 Å². The summed E-state index contributed by atoms with van der Waals surface area (Å²) in [6, 6.07) is 4.07. The largest absolute Gasteiger partial charge is 0.504 e. The maximum absolute atomic E-state index is 11.2. The normalized spacial score (nSPS) is 13.5. The standard InChI is InChI=1S/C11H13NO5/c1-11(10(15)16,12-6-13)7-3-4-8(14)9(5-7)17-2/h3-6,14H,1-2H3,(H,12,13)(H,15,16). The number of aliphatic carboxylic acids is 1. The number of rotatable bonds is 5. The van der Waals surface area contributed by atoms with Gasteiger partial charge in [-0.1, -0.05) is 6.07 Å². The van der Waals surface area contributed by atoms with Crippen molar-refractivity contribution in [1.29, 1.82) is 0 Å². The van der Waals surface area contributed by atoms with E-state index in [4.69, 9.17) is 9.84 Å². The van der Waals surface area contributed by atoms with Crippen molar-refractivity contribution in [2.45, 2.75) is 12.5 Å². The first-order valence-corrected chi connectivity index (χ1v) is 4.78. The van der Waals surface area contributed by atoms with Crippen LogP contribution in [-0.4, -0.2) is 29.7 Å². The van der Waals surface area contributed by atoms with Crippen LogP contribution in [0, 0.1) is 0 Å². The topological polar surface area (TPSA) is 95.9 Å². The Bertz CT molecular complexity index is 445. The molecule has 0 spiro atoms. The number of amides is 1. The highest BCUT2D eigenvalue weighted by Gasteiger charge is 2.35. The molecular weight excluding hydrogens is 226 g/mol. The van der Waals surface area contributed by atoms with Crippen molar-refractivity contribution in [3.8, 4) is 11.5 Å². The molecule has 0 bridgehead atoms. The van der Waals surface area contributed by atoms with Gasteiger partial charge in [-0.3, -0.25) is 4.79 Å². The second-order valence-electron chi connectivity index (χ2n) is 3.58. The van der Waals surface area contributed by atoms with Gasteiger partial charge in [0, 0.05) is 0 Å². The monoisotopic (exact) mass is 239 g/mol. The summed E-state index contributed by atoms with van der Waals surface area (Å²) in [4.78, 5) is 21.6. The highest BCUT2D eigenvalue weighted by Crippen LogP contribution is 2.31. The van der Waals surface area contributed by atoms with Gasteiger partial charge in [-0.15, -0.1) is 0 Å². The van der Waals surface area contributed by atoms with E-state index in [0.717, 1.165) is 0 Å². The number of carboxylic acids is 1. The molecule has 6 nitrogen and oxygen atoms in total. The number of carboxylic acid groups (broad SMARTS) is 1. The summed E-state index contributed by atoms with van der Waals surface area (Å²) in [5.74, 6) is -1.17. The van der Waals surface area contributed by atoms with Crippen molar-refractivity contribution in [1.82, 2.24) is 5.32 Å². The van der Waals surface area contributed by atoms with Crippen molar-refractivity contribution < 1.29 is 24.5 Å². The minimum atomic E-state index is -1.57. The Morgan fingerprint density at radius 1 is 1.53 bits per heavy atom. The summed E-state index contributed by atoms with van der Waals surface area (Å²) < 4.78 is 4.88. The summed E-state index contributed by atoms with van der Waals surface area (Å²) in [6.45, 7) is 1.34. The SMILES string of the molecule is COc1cc(C(C)(NC=O)C(=O)O)ccc1O. The van der Waals surface area contributed by atoms with E-state index in [0.29, 0.717) is 12.0 Å². The van der Waals surface area contributed by atoms with Crippen LogP contribution < -0.4 is 10.1 Å². The predicted octanol–water partition coefficient (Wildman–Crippen LogP) is 0.447. The van der Waals surface area contributed by atoms with Gasteiger partial charge in [-0.25, -0.2) is 4.79 Å². The molecule has 0 radical (unpaired) electrons. The molecule has 0 aromatic heterocycles. The van der Waals surface area contributed by atoms with Crippen molar-refractivity contribution in [3.05, 3.63) is 23.8 Å². The fourth-order valence-corrected chi connectivity index (χ4v) is 1.38. The van der Waals surface area contributed by atoms with Gasteiger partial charge < -0.3 is 20.3 Å². The third-order valence-electron chi connectivity index (χ3n) is 2.53. The van der Waals surface area contributed by atoms with Crippen LogP contribution in [0.3, 0.4) is 0 Å². The minimum Gasteiger partial charge on any atom is -0.504 e. The third-order valence-corrected chi connectivity index (χ3v) is 2.53. The lowest BCUT2D eigenvalue weighted by Gasteiger charge is -2.25. The molecule has 0 heterocycles. The van der Waals surface area contributed by atoms with Gasteiger partial charge in [0.15, 0.2) is 17.0 Å². The predicted molar refractivity (Wildman–Crippen MR) is 58.8 cm³/mol. The van der Waals surface area contributed by atoms with Gasteiger partial charge in [0.1, 0.15) is 0 Å². The Morgan fingerprint density at radius 3 is 2.65 bits per heavy atom. The number of benzene rings is 1. The van der Waals surface area contributed by atoms with E-state index < -0.39 is 11.5 Å². The van der Waals surface area contributed by atoms with Crippen molar-refractivity contribution in [2.75, 3.05) is 7.11 Å². The van der Waals surface area contributed by atoms with E-state index in [1.54, 1.807) is 0 Å². The fourth-order valence-electron chi connectivity index (χ4n) is 1.38. The Hall–Kier alpha value is -2.24. The zero-order valence-electron chi connectivity index (χ0n) is 9.43. The molecule has 1 aromatic carbocycles. The van der Waals surface area contributed by atoms with Gasteiger partial charge in [0.05, 0.1) is 7.11 Å². The van der Waals surface area contributed by atoms with E-state index in [-0.39, 0.29) is 11.5 Å². The zero-order chi connectivity index (χ0) is 13.1. The summed E-state index contributed by atoms with van der Waals surface area (Å²) >= 11 is 0. The van der Waals surface area contributed by atoms with Crippen LogP contribution in [0.5, 0.6) is 11.5 Å². The molecule has 1 unspecified atom stereocenters. The summed E-state index contributed by atoms with van der Waals surface area (Å²) in [5.41, 5.74) is -1.27. The summed E-state index contributed by atoms with van der Waals surface area (Å²) in [7, 11) is 1.35.